The maximum Gasteiger partial charge on any atom is 0.254 e. The first-order valence-electron chi connectivity index (χ1n) is 5.10. The van der Waals surface area contributed by atoms with Gasteiger partial charge in [0.25, 0.3) is 3.79 Å². The fourth-order valence-corrected chi connectivity index (χ4v) is 2.82. The van der Waals surface area contributed by atoms with E-state index in [4.69, 9.17) is 46.4 Å². The van der Waals surface area contributed by atoms with Crippen molar-refractivity contribution in [3.05, 3.63) is 47.1 Å². The van der Waals surface area contributed by atoms with Crippen molar-refractivity contribution in [1.82, 2.24) is 4.98 Å². The molecule has 0 saturated carbocycles. The smallest absolute Gasteiger partial charge is 0.254 e. The molecule has 100 valence electrons. The van der Waals surface area contributed by atoms with Gasteiger partial charge in [0.15, 0.2) is 0 Å². The van der Waals surface area contributed by atoms with Crippen molar-refractivity contribution < 1.29 is 4.79 Å². The summed E-state index contributed by atoms with van der Waals surface area (Å²) < 4.78 is -1.96. The number of aromatic nitrogens is 1. The number of Topliss-reactive ketones (excluding diaryl/α,β-unsaturated/α-hetero) is 1. The molecule has 0 spiro atoms. The molecule has 7 heteroatoms. The Bertz CT molecular complexity index is 606. The Kier molecular flexibility index (Phi) is 4.75. The third kappa shape index (κ3) is 4.07. The summed E-state index contributed by atoms with van der Waals surface area (Å²) in [5.74, 6) is -0.588. The lowest BCUT2D eigenvalue weighted by Crippen LogP contribution is -2.19. The molecule has 0 aliphatic heterocycles. The average molecular weight is 355 g/mol. The number of nitrogens with one attached hydrogen (secondary N) is 1. The van der Waals surface area contributed by atoms with Crippen LogP contribution in [0.2, 0.25) is 5.02 Å². The van der Waals surface area contributed by atoms with Gasteiger partial charge in [0, 0.05) is 9.92 Å². The van der Waals surface area contributed by atoms with E-state index >= 15 is 0 Å². The highest BCUT2D eigenvalue weighted by Crippen LogP contribution is 2.33. The molecular formula is C12H7Cl4NOS. The monoisotopic (exact) mass is 353 g/mol. The van der Waals surface area contributed by atoms with Gasteiger partial charge in [-0.3, -0.25) is 4.79 Å². The lowest BCUT2D eigenvalue weighted by atomic mass is 10.3. The number of hydrogen-bond donors (Lipinski definition) is 1. The Balaban J connectivity index is 2.16. The topological polar surface area (TPSA) is 32.9 Å². The van der Waals surface area contributed by atoms with E-state index in [-0.39, 0.29) is 5.69 Å². The summed E-state index contributed by atoms with van der Waals surface area (Å²) in [6, 6.07) is 10.7. The van der Waals surface area contributed by atoms with E-state index in [1.54, 1.807) is 18.2 Å². The largest absolute Gasteiger partial charge is 0.347 e. The van der Waals surface area contributed by atoms with E-state index < -0.39 is 9.58 Å². The molecule has 0 amide bonds. The van der Waals surface area contributed by atoms with Crippen LogP contribution in [0.25, 0.3) is 0 Å². The van der Waals surface area contributed by atoms with Crippen LogP contribution in [-0.4, -0.2) is 14.6 Å². The van der Waals surface area contributed by atoms with Crippen molar-refractivity contribution in [2.75, 3.05) is 0 Å². The molecule has 0 bridgehead atoms. The highest BCUT2D eigenvalue weighted by atomic mass is 35.6. The van der Waals surface area contributed by atoms with Crippen LogP contribution in [0.1, 0.15) is 10.5 Å². The summed E-state index contributed by atoms with van der Waals surface area (Å²) >= 11 is 24.0. The zero-order chi connectivity index (χ0) is 14.0. The molecule has 0 radical (unpaired) electrons. The minimum absolute atomic E-state index is 0.254. The average Bonchev–Trinajstić information content (AvgIpc) is 2.75. The van der Waals surface area contributed by atoms with E-state index in [0.717, 1.165) is 9.92 Å². The predicted molar refractivity (Wildman–Crippen MR) is 81.0 cm³/mol. The van der Waals surface area contributed by atoms with Crippen LogP contribution in [0, 0.1) is 0 Å². The molecular weight excluding hydrogens is 348 g/mol. The van der Waals surface area contributed by atoms with Gasteiger partial charge in [0.2, 0.25) is 5.78 Å². The number of rotatable bonds is 3. The normalized spacial score (nSPS) is 11.6. The maximum atomic E-state index is 11.7. The minimum atomic E-state index is -1.96. The third-order valence-electron chi connectivity index (χ3n) is 2.19. The molecule has 0 saturated heterocycles. The van der Waals surface area contributed by atoms with Crippen molar-refractivity contribution >= 4 is 63.9 Å². The van der Waals surface area contributed by atoms with Crippen LogP contribution >= 0.6 is 58.2 Å². The molecule has 1 aromatic heterocycles. The highest BCUT2D eigenvalue weighted by Gasteiger charge is 2.32. The van der Waals surface area contributed by atoms with E-state index in [2.05, 4.69) is 4.98 Å². The van der Waals surface area contributed by atoms with Gasteiger partial charge in [0.1, 0.15) is 0 Å². The lowest BCUT2D eigenvalue weighted by molar-refractivity contribution is 0.0992. The Morgan fingerprint density at radius 1 is 1.16 bits per heavy atom. The summed E-state index contributed by atoms with van der Waals surface area (Å²) in [6.45, 7) is 0. The lowest BCUT2D eigenvalue weighted by Gasteiger charge is -2.07. The molecule has 2 aromatic rings. The van der Waals surface area contributed by atoms with E-state index in [1.807, 2.05) is 18.2 Å². The zero-order valence-electron chi connectivity index (χ0n) is 9.29. The number of carbonyl (C=O) groups excluding carboxylic acids is 1. The SMILES string of the molecule is O=C(c1ccc(Sc2cccc(Cl)c2)[nH]1)C(Cl)(Cl)Cl. The highest BCUT2D eigenvalue weighted by molar-refractivity contribution is 7.99. The fraction of sp³-hybridized carbons (Fsp3) is 0.0833. The molecule has 1 heterocycles. The first kappa shape index (κ1) is 15.1. The van der Waals surface area contributed by atoms with Crippen LogP contribution < -0.4 is 0 Å². The molecule has 1 N–H and O–H groups in total. The van der Waals surface area contributed by atoms with Crippen LogP contribution in [0.5, 0.6) is 0 Å². The molecule has 0 fully saturated rings. The second kappa shape index (κ2) is 5.98. The number of aromatic amines is 1. The van der Waals surface area contributed by atoms with Crippen molar-refractivity contribution in [3.63, 3.8) is 0 Å². The number of H-pyrrole nitrogens is 1. The summed E-state index contributed by atoms with van der Waals surface area (Å²) in [4.78, 5) is 15.6. The molecule has 0 atom stereocenters. The summed E-state index contributed by atoms with van der Waals surface area (Å²) in [7, 11) is 0. The molecule has 0 aliphatic rings. The number of halogens is 4. The molecule has 2 rings (SSSR count). The quantitative estimate of drug-likeness (QED) is 0.593. The number of benzene rings is 1. The number of alkyl halides is 3. The molecule has 2 nitrogen and oxygen atoms in total. The third-order valence-corrected chi connectivity index (χ3v) is 3.88. The van der Waals surface area contributed by atoms with Crippen LogP contribution in [0.3, 0.4) is 0 Å². The van der Waals surface area contributed by atoms with Crippen LogP contribution in [0.15, 0.2) is 46.3 Å². The number of hydrogen-bond acceptors (Lipinski definition) is 2. The Labute approximate surface area is 134 Å². The Hall–Kier alpha value is -0.320. The van der Waals surface area contributed by atoms with Gasteiger partial charge in [-0.25, -0.2) is 0 Å². The zero-order valence-corrected chi connectivity index (χ0v) is 13.1. The second-order valence-electron chi connectivity index (χ2n) is 3.62. The van der Waals surface area contributed by atoms with E-state index in [9.17, 15) is 4.79 Å². The summed E-state index contributed by atoms with van der Waals surface area (Å²) in [5.41, 5.74) is 0.254. The van der Waals surface area contributed by atoms with Gasteiger partial charge in [-0.2, -0.15) is 0 Å². The maximum absolute atomic E-state index is 11.7. The summed E-state index contributed by atoms with van der Waals surface area (Å²) in [5, 5.41) is 1.41. The van der Waals surface area contributed by atoms with Gasteiger partial charge >= 0.3 is 0 Å². The van der Waals surface area contributed by atoms with Crippen molar-refractivity contribution in [3.8, 4) is 0 Å². The number of ketones is 1. The van der Waals surface area contributed by atoms with Crippen molar-refractivity contribution in [1.29, 1.82) is 0 Å². The summed E-state index contributed by atoms with van der Waals surface area (Å²) in [6.07, 6.45) is 0. The van der Waals surface area contributed by atoms with Gasteiger partial charge < -0.3 is 4.98 Å². The molecule has 0 aliphatic carbocycles. The molecule has 19 heavy (non-hydrogen) atoms. The van der Waals surface area contributed by atoms with Crippen molar-refractivity contribution in [2.24, 2.45) is 0 Å². The van der Waals surface area contributed by atoms with Gasteiger partial charge in [0.05, 0.1) is 10.7 Å². The van der Waals surface area contributed by atoms with Crippen molar-refractivity contribution in [2.45, 2.75) is 13.7 Å². The van der Waals surface area contributed by atoms with E-state index in [0.29, 0.717) is 5.02 Å². The minimum Gasteiger partial charge on any atom is -0.347 e. The van der Waals surface area contributed by atoms with Gasteiger partial charge in [-0.15, -0.1) is 0 Å². The Morgan fingerprint density at radius 2 is 1.89 bits per heavy atom. The first-order valence-corrected chi connectivity index (χ1v) is 7.43. The van der Waals surface area contributed by atoms with Gasteiger partial charge in [-0.1, -0.05) is 64.2 Å². The molecule has 1 aromatic carbocycles. The molecule has 0 unspecified atom stereocenters. The van der Waals surface area contributed by atoms with Gasteiger partial charge in [-0.05, 0) is 30.3 Å². The van der Waals surface area contributed by atoms with Crippen LogP contribution in [0.4, 0.5) is 0 Å². The fourth-order valence-electron chi connectivity index (χ4n) is 1.38. The van der Waals surface area contributed by atoms with E-state index in [1.165, 1.54) is 11.8 Å². The predicted octanol–water partition coefficient (Wildman–Crippen LogP) is 5.37. The Morgan fingerprint density at radius 3 is 2.53 bits per heavy atom. The standard InChI is InChI=1S/C12H7Cl4NOS/c13-7-2-1-3-8(6-7)19-10-5-4-9(17-10)11(18)12(14,15)16/h1-6,17H. The van der Waals surface area contributed by atoms with Crippen LogP contribution in [-0.2, 0) is 0 Å². The number of carbonyl (C=O) groups is 1. The first-order chi connectivity index (χ1) is 8.86. The second-order valence-corrected chi connectivity index (χ2v) is 7.46.